The number of methoxy groups -OCH3 is 1. The van der Waals surface area contributed by atoms with Gasteiger partial charge in [0.25, 0.3) is 5.91 Å². The maximum atomic E-state index is 12.6. The molecule has 2 fully saturated rings. The summed E-state index contributed by atoms with van der Waals surface area (Å²) in [6.45, 7) is 1.45. The second kappa shape index (κ2) is 7.21. The number of amides is 2. The highest BCUT2D eigenvalue weighted by molar-refractivity contribution is 5.98. The van der Waals surface area contributed by atoms with Crippen LogP contribution in [0.15, 0.2) is 18.2 Å². The maximum absolute atomic E-state index is 12.6. The lowest BCUT2D eigenvalue weighted by Gasteiger charge is -2.40. The summed E-state index contributed by atoms with van der Waals surface area (Å²) in [6, 6.07) is 6.33. The average Bonchev–Trinajstić information content (AvgIpc) is 2.53. The van der Waals surface area contributed by atoms with Crippen molar-refractivity contribution in [1.82, 2.24) is 10.6 Å². The van der Waals surface area contributed by atoms with Crippen LogP contribution in [0.2, 0.25) is 0 Å². The minimum absolute atomic E-state index is 0.119. The van der Waals surface area contributed by atoms with Gasteiger partial charge < -0.3 is 20.7 Å². The fourth-order valence-corrected chi connectivity index (χ4v) is 3.81. The van der Waals surface area contributed by atoms with Gasteiger partial charge in [0.1, 0.15) is 5.75 Å². The minimum atomic E-state index is -0.157. The van der Waals surface area contributed by atoms with Crippen LogP contribution in [-0.2, 0) is 4.79 Å². The molecule has 0 aliphatic carbocycles. The highest BCUT2D eigenvalue weighted by Crippen LogP contribution is 2.27. The Bertz CT molecular complexity index is 620. The van der Waals surface area contributed by atoms with Gasteiger partial charge in [-0.1, -0.05) is 6.42 Å². The van der Waals surface area contributed by atoms with Crippen LogP contribution in [0.1, 0.15) is 49.4 Å². The molecule has 2 bridgehead atoms. The first-order chi connectivity index (χ1) is 11.5. The van der Waals surface area contributed by atoms with E-state index in [0.717, 1.165) is 12.8 Å². The van der Waals surface area contributed by atoms with Crippen molar-refractivity contribution in [3.05, 3.63) is 23.8 Å². The van der Waals surface area contributed by atoms with Gasteiger partial charge in [-0.25, -0.2) is 0 Å². The molecule has 0 radical (unpaired) electrons. The third-order valence-corrected chi connectivity index (χ3v) is 4.82. The van der Waals surface area contributed by atoms with Crippen LogP contribution < -0.4 is 20.7 Å². The maximum Gasteiger partial charge on any atom is 0.255 e. The molecule has 3 N–H and O–H groups in total. The van der Waals surface area contributed by atoms with Crippen molar-refractivity contribution in [2.45, 2.75) is 57.2 Å². The molecule has 2 atom stereocenters. The lowest BCUT2D eigenvalue weighted by molar-refractivity contribution is -0.114. The van der Waals surface area contributed by atoms with E-state index in [2.05, 4.69) is 16.0 Å². The smallest absolute Gasteiger partial charge is 0.255 e. The van der Waals surface area contributed by atoms with E-state index < -0.39 is 0 Å². The van der Waals surface area contributed by atoms with E-state index in [4.69, 9.17) is 4.74 Å². The lowest BCUT2D eigenvalue weighted by atomic mass is 9.84. The number of hydrogen-bond donors (Lipinski definition) is 3. The van der Waals surface area contributed by atoms with Gasteiger partial charge in [-0.2, -0.15) is 0 Å². The summed E-state index contributed by atoms with van der Waals surface area (Å²) in [5.74, 6) is 0.189. The second-order valence-corrected chi connectivity index (χ2v) is 6.73. The molecule has 0 aromatic heterocycles. The summed E-state index contributed by atoms with van der Waals surface area (Å²) < 4.78 is 5.33. The second-order valence-electron chi connectivity index (χ2n) is 6.73. The zero-order valence-corrected chi connectivity index (χ0v) is 14.2. The molecule has 2 amide bonds. The van der Waals surface area contributed by atoms with Crippen LogP contribution in [0.25, 0.3) is 0 Å². The Morgan fingerprint density at radius 2 is 1.92 bits per heavy atom. The summed E-state index contributed by atoms with van der Waals surface area (Å²) >= 11 is 0. The Morgan fingerprint density at radius 1 is 1.21 bits per heavy atom. The highest BCUT2D eigenvalue weighted by atomic mass is 16.5. The Kier molecular flexibility index (Phi) is 5.04. The molecule has 2 unspecified atom stereocenters. The van der Waals surface area contributed by atoms with Crippen LogP contribution in [0.5, 0.6) is 5.75 Å². The van der Waals surface area contributed by atoms with Crippen molar-refractivity contribution in [2.75, 3.05) is 12.4 Å². The molecule has 1 aromatic carbocycles. The van der Waals surface area contributed by atoms with Gasteiger partial charge in [0, 0.05) is 36.8 Å². The Labute approximate surface area is 142 Å². The number of piperidine rings is 2. The molecule has 1 aromatic rings. The van der Waals surface area contributed by atoms with Gasteiger partial charge >= 0.3 is 0 Å². The molecule has 6 nitrogen and oxygen atoms in total. The standard InChI is InChI=1S/C18H25N3O3/c1-11(22)19-14-6-7-16(17(10-14)24-2)18(23)21-15-8-12-4-3-5-13(9-15)20-12/h6-7,10,12-13,15,20H,3-5,8-9H2,1-2H3,(H,19,22)(H,21,23). The highest BCUT2D eigenvalue weighted by Gasteiger charge is 2.32. The number of rotatable bonds is 4. The fourth-order valence-electron chi connectivity index (χ4n) is 3.81. The Morgan fingerprint density at radius 3 is 2.54 bits per heavy atom. The number of benzene rings is 1. The predicted molar refractivity (Wildman–Crippen MR) is 92.3 cm³/mol. The number of fused-ring (bicyclic) bond motifs is 2. The molecule has 2 saturated heterocycles. The molecule has 0 spiro atoms. The Hall–Kier alpha value is -2.08. The largest absolute Gasteiger partial charge is 0.496 e. The lowest BCUT2D eigenvalue weighted by Crippen LogP contribution is -2.54. The molecule has 2 aliphatic rings. The van der Waals surface area contributed by atoms with E-state index in [9.17, 15) is 9.59 Å². The number of ether oxygens (including phenoxy) is 1. The number of anilines is 1. The third-order valence-electron chi connectivity index (χ3n) is 4.82. The topological polar surface area (TPSA) is 79.5 Å². The van der Waals surface area contributed by atoms with E-state index >= 15 is 0 Å². The first-order valence-corrected chi connectivity index (χ1v) is 8.57. The van der Waals surface area contributed by atoms with E-state index in [1.807, 2.05) is 0 Å². The first kappa shape index (κ1) is 16.8. The van der Waals surface area contributed by atoms with Gasteiger partial charge in [-0.3, -0.25) is 9.59 Å². The van der Waals surface area contributed by atoms with Gasteiger partial charge in [0.2, 0.25) is 5.91 Å². The molecule has 6 heteroatoms. The predicted octanol–water partition coefficient (Wildman–Crippen LogP) is 2.06. The molecule has 2 heterocycles. The van der Waals surface area contributed by atoms with Gasteiger partial charge in [-0.15, -0.1) is 0 Å². The summed E-state index contributed by atoms with van der Waals surface area (Å²) in [7, 11) is 1.53. The number of hydrogen-bond acceptors (Lipinski definition) is 4. The van der Waals surface area contributed by atoms with Gasteiger partial charge in [0.05, 0.1) is 12.7 Å². The summed E-state index contributed by atoms with van der Waals surface area (Å²) in [5.41, 5.74) is 1.11. The summed E-state index contributed by atoms with van der Waals surface area (Å²) in [5, 5.41) is 9.48. The number of carbonyl (C=O) groups excluding carboxylic acids is 2. The zero-order valence-electron chi connectivity index (χ0n) is 14.2. The quantitative estimate of drug-likeness (QED) is 0.789. The van der Waals surface area contributed by atoms with Crippen LogP contribution in [-0.4, -0.2) is 37.0 Å². The minimum Gasteiger partial charge on any atom is -0.496 e. The van der Waals surface area contributed by atoms with Crippen molar-refractivity contribution in [3.63, 3.8) is 0 Å². The van der Waals surface area contributed by atoms with Gasteiger partial charge in [0.15, 0.2) is 0 Å². The van der Waals surface area contributed by atoms with Crippen molar-refractivity contribution >= 4 is 17.5 Å². The van der Waals surface area contributed by atoms with Gasteiger partial charge in [-0.05, 0) is 37.8 Å². The summed E-state index contributed by atoms with van der Waals surface area (Å²) in [4.78, 5) is 23.8. The monoisotopic (exact) mass is 331 g/mol. The molecule has 2 aliphatic heterocycles. The van der Waals surface area contributed by atoms with Crippen LogP contribution >= 0.6 is 0 Å². The number of nitrogens with one attached hydrogen (secondary N) is 3. The van der Waals surface area contributed by atoms with Crippen molar-refractivity contribution < 1.29 is 14.3 Å². The van der Waals surface area contributed by atoms with E-state index in [1.54, 1.807) is 18.2 Å². The molecule has 24 heavy (non-hydrogen) atoms. The summed E-state index contributed by atoms with van der Waals surface area (Å²) in [6.07, 6.45) is 5.62. The Balaban J connectivity index is 1.69. The zero-order chi connectivity index (χ0) is 17.1. The average molecular weight is 331 g/mol. The van der Waals surface area contributed by atoms with E-state index in [1.165, 1.54) is 33.3 Å². The number of carbonyl (C=O) groups is 2. The van der Waals surface area contributed by atoms with Crippen LogP contribution in [0, 0.1) is 0 Å². The van der Waals surface area contributed by atoms with Crippen LogP contribution in [0.4, 0.5) is 5.69 Å². The molecule has 3 rings (SSSR count). The normalized spacial score (nSPS) is 25.7. The molecular formula is C18H25N3O3. The molecule has 0 saturated carbocycles. The molecular weight excluding hydrogens is 306 g/mol. The van der Waals surface area contributed by atoms with Crippen molar-refractivity contribution in [3.8, 4) is 5.75 Å². The molecule has 130 valence electrons. The van der Waals surface area contributed by atoms with E-state index in [0.29, 0.717) is 29.1 Å². The SMILES string of the molecule is COc1cc(NC(C)=O)ccc1C(=O)NC1CC2CCCC(C1)N2. The van der Waals surface area contributed by atoms with E-state index in [-0.39, 0.29) is 17.9 Å². The van der Waals surface area contributed by atoms with Crippen molar-refractivity contribution in [2.24, 2.45) is 0 Å². The fraction of sp³-hybridized carbons (Fsp3) is 0.556. The first-order valence-electron chi connectivity index (χ1n) is 8.57. The third kappa shape index (κ3) is 3.87. The van der Waals surface area contributed by atoms with Crippen LogP contribution in [0.3, 0.4) is 0 Å². The van der Waals surface area contributed by atoms with Crippen molar-refractivity contribution in [1.29, 1.82) is 0 Å².